The SMILES string of the molecule is Nc1cc2ccccc2cc1C(=O)c1ccccc1Cl. The van der Waals surface area contributed by atoms with Gasteiger partial charge in [0, 0.05) is 16.8 Å². The number of carbonyl (C=O) groups is 1. The Hall–Kier alpha value is -2.32. The van der Waals surface area contributed by atoms with Gasteiger partial charge in [-0.05, 0) is 35.0 Å². The number of hydrogen-bond acceptors (Lipinski definition) is 2. The van der Waals surface area contributed by atoms with E-state index in [4.69, 9.17) is 17.3 Å². The van der Waals surface area contributed by atoms with E-state index in [9.17, 15) is 4.79 Å². The Morgan fingerprint density at radius 2 is 1.45 bits per heavy atom. The molecule has 0 saturated carbocycles. The zero-order valence-corrected chi connectivity index (χ0v) is 11.4. The highest BCUT2D eigenvalue weighted by Crippen LogP contribution is 2.26. The number of benzene rings is 3. The summed E-state index contributed by atoms with van der Waals surface area (Å²) in [4.78, 5) is 12.6. The molecule has 0 saturated heterocycles. The molecule has 2 nitrogen and oxygen atoms in total. The molecule has 0 aliphatic heterocycles. The third-order valence-corrected chi connectivity index (χ3v) is 3.61. The molecule has 0 spiro atoms. The minimum atomic E-state index is -0.154. The van der Waals surface area contributed by atoms with Gasteiger partial charge in [0.25, 0.3) is 0 Å². The molecule has 3 heteroatoms. The lowest BCUT2D eigenvalue weighted by Crippen LogP contribution is -2.06. The Morgan fingerprint density at radius 3 is 2.15 bits per heavy atom. The van der Waals surface area contributed by atoms with Crippen molar-refractivity contribution in [3.05, 3.63) is 76.8 Å². The highest BCUT2D eigenvalue weighted by Gasteiger charge is 2.15. The van der Waals surface area contributed by atoms with Gasteiger partial charge in [-0.2, -0.15) is 0 Å². The zero-order chi connectivity index (χ0) is 14.1. The van der Waals surface area contributed by atoms with Gasteiger partial charge in [0.2, 0.25) is 0 Å². The number of fused-ring (bicyclic) bond motifs is 1. The second-order valence-electron chi connectivity index (χ2n) is 4.60. The molecule has 0 aromatic heterocycles. The zero-order valence-electron chi connectivity index (χ0n) is 10.6. The van der Waals surface area contributed by atoms with E-state index in [-0.39, 0.29) is 5.78 Å². The van der Waals surface area contributed by atoms with Crippen LogP contribution >= 0.6 is 11.6 Å². The molecule has 0 fully saturated rings. The first-order valence-electron chi connectivity index (χ1n) is 6.24. The van der Waals surface area contributed by atoms with Crippen LogP contribution in [0.15, 0.2) is 60.7 Å². The summed E-state index contributed by atoms with van der Waals surface area (Å²) >= 11 is 6.08. The fraction of sp³-hybridized carbons (Fsp3) is 0. The molecule has 0 radical (unpaired) electrons. The molecular weight excluding hydrogens is 270 g/mol. The Balaban J connectivity index is 2.17. The standard InChI is InChI=1S/C17H12ClNO/c18-15-8-4-3-7-13(15)17(20)14-9-11-5-1-2-6-12(11)10-16(14)19/h1-10H,19H2. The lowest BCUT2D eigenvalue weighted by atomic mass is 9.98. The number of anilines is 1. The molecule has 0 aliphatic carbocycles. The van der Waals surface area contributed by atoms with Gasteiger partial charge in [0.15, 0.2) is 5.78 Å². The van der Waals surface area contributed by atoms with Gasteiger partial charge in [-0.25, -0.2) is 0 Å². The Kier molecular flexibility index (Phi) is 3.17. The average Bonchev–Trinajstić information content (AvgIpc) is 2.46. The summed E-state index contributed by atoms with van der Waals surface area (Å²) in [5.74, 6) is -0.154. The second-order valence-corrected chi connectivity index (χ2v) is 5.00. The van der Waals surface area contributed by atoms with Gasteiger partial charge in [-0.15, -0.1) is 0 Å². The fourth-order valence-corrected chi connectivity index (χ4v) is 2.47. The van der Waals surface area contributed by atoms with Crippen LogP contribution < -0.4 is 5.73 Å². The predicted octanol–water partition coefficient (Wildman–Crippen LogP) is 4.31. The quantitative estimate of drug-likeness (QED) is 0.562. The molecule has 3 rings (SSSR count). The molecule has 0 aliphatic rings. The summed E-state index contributed by atoms with van der Waals surface area (Å²) in [6.45, 7) is 0. The first-order chi connectivity index (χ1) is 9.66. The molecule has 0 amide bonds. The van der Waals surface area contributed by atoms with Crippen LogP contribution in [-0.2, 0) is 0 Å². The first kappa shape index (κ1) is 12.7. The number of carbonyl (C=O) groups excluding carboxylic acids is 1. The normalized spacial score (nSPS) is 10.7. The molecule has 3 aromatic rings. The van der Waals surface area contributed by atoms with Crippen LogP contribution in [0.2, 0.25) is 5.02 Å². The van der Waals surface area contributed by atoms with E-state index in [0.717, 1.165) is 10.8 Å². The van der Waals surface area contributed by atoms with Crippen molar-refractivity contribution in [2.24, 2.45) is 0 Å². The molecule has 0 atom stereocenters. The summed E-state index contributed by atoms with van der Waals surface area (Å²) in [7, 11) is 0. The topological polar surface area (TPSA) is 43.1 Å². The number of nitrogen functional groups attached to an aromatic ring is 1. The highest BCUT2D eigenvalue weighted by molar-refractivity contribution is 6.35. The van der Waals surface area contributed by atoms with Gasteiger partial charge in [-0.3, -0.25) is 4.79 Å². The monoisotopic (exact) mass is 281 g/mol. The lowest BCUT2D eigenvalue weighted by molar-refractivity contribution is 0.104. The smallest absolute Gasteiger partial charge is 0.196 e. The van der Waals surface area contributed by atoms with Crippen LogP contribution in [0.4, 0.5) is 5.69 Å². The molecule has 0 bridgehead atoms. The van der Waals surface area contributed by atoms with Crippen molar-refractivity contribution in [1.82, 2.24) is 0 Å². The Labute approximate surface area is 121 Å². The molecule has 2 N–H and O–H groups in total. The maximum Gasteiger partial charge on any atom is 0.196 e. The van der Waals surface area contributed by atoms with Crippen LogP contribution in [0.1, 0.15) is 15.9 Å². The number of halogens is 1. The van der Waals surface area contributed by atoms with Crippen LogP contribution in [0, 0.1) is 0 Å². The fourth-order valence-electron chi connectivity index (χ4n) is 2.24. The summed E-state index contributed by atoms with van der Waals surface area (Å²) in [5, 5.41) is 2.43. The third-order valence-electron chi connectivity index (χ3n) is 3.28. The van der Waals surface area contributed by atoms with Crippen molar-refractivity contribution in [3.63, 3.8) is 0 Å². The largest absolute Gasteiger partial charge is 0.398 e. The van der Waals surface area contributed by atoms with Crippen molar-refractivity contribution >= 4 is 33.8 Å². The number of ketones is 1. The van der Waals surface area contributed by atoms with E-state index in [1.54, 1.807) is 24.3 Å². The van der Waals surface area contributed by atoms with E-state index >= 15 is 0 Å². The maximum atomic E-state index is 12.6. The molecule has 98 valence electrons. The minimum absolute atomic E-state index is 0.154. The minimum Gasteiger partial charge on any atom is -0.398 e. The van der Waals surface area contributed by atoms with Crippen LogP contribution in [0.5, 0.6) is 0 Å². The van der Waals surface area contributed by atoms with Gasteiger partial charge in [0.05, 0.1) is 5.02 Å². The first-order valence-corrected chi connectivity index (χ1v) is 6.62. The Bertz CT molecular complexity index is 811. The van der Waals surface area contributed by atoms with Crippen molar-refractivity contribution in [3.8, 4) is 0 Å². The molecule has 3 aromatic carbocycles. The van der Waals surface area contributed by atoms with Crippen LogP contribution in [-0.4, -0.2) is 5.78 Å². The summed E-state index contributed by atoms with van der Waals surface area (Å²) in [5.41, 5.74) is 7.43. The molecule has 0 heterocycles. The van der Waals surface area contributed by atoms with E-state index in [0.29, 0.717) is 21.8 Å². The summed E-state index contributed by atoms with van der Waals surface area (Å²) in [6.07, 6.45) is 0. The Morgan fingerprint density at radius 1 is 0.850 bits per heavy atom. The van der Waals surface area contributed by atoms with Crippen molar-refractivity contribution < 1.29 is 4.79 Å². The second kappa shape index (κ2) is 4.99. The van der Waals surface area contributed by atoms with Crippen LogP contribution in [0.25, 0.3) is 10.8 Å². The van der Waals surface area contributed by atoms with Gasteiger partial charge < -0.3 is 5.73 Å². The van der Waals surface area contributed by atoms with E-state index in [1.807, 2.05) is 36.4 Å². The number of rotatable bonds is 2. The third kappa shape index (κ3) is 2.15. The lowest BCUT2D eigenvalue weighted by Gasteiger charge is -2.08. The van der Waals surface area contributed by atoms with Crippen LogP contribution in [0.3, 0.4) is 0 Å². The number of hydrogen-bond donors (Lipinski definition) is 1. The van der Waals surface area contributed by atoms with E-state index < -0.39 is 0 Å². The van der Waals surface area contributed by atoms with Gasteiger partial charge in [-0.1, -0.05) is 48.0 Å². The average molecular weight is 282 g/mol. The van der Waals surface area contributed by atoms with Crippen molar-refractivity contribution in [2.45, 2.75) is 0 Å². The molecule has 20 heavy (non-hydrogen) atoms. The maximum absolute atomic E-state index is 12.6. The van der Waals surface area contributed by atoms with Crippen molar-refractivity contribution in [2.75, 3.05) is 5.73 Å². The summed E-state index contributed by atoms with van der Waals surface area (Å²) in [6, 6.07) is 18.4. The predicted molar refractivity (Wildman–Crippen MR) is 83.2 cm³/mol. The molecular formula is C17H12ClNO. The van der Waals surface area contributed by atoms with Gasteiger partial charge >= 0.3 is 0 Å². The molecule has 0 unspecified atom stereocenters. The summed E-state index contributed by atoms with van der Waals surface area (Å²) < 4.78 is 0. The highest BCUT2D eigenvalue weighted by atomic mass is 35.5. The van der Waals surface area contributed by atoms with E-state index in [1.165, 1.54) is 0 Å². The van der Waals surface area contributed by atoms with Gasteiger partial charge in [0.1, 0.15) is 0 Å². The van der Waals surface area contributed by atoms with Crippen molar-refractivity contribution in [1.29, 1.82) is 0 Å². The van der Waals surface area contributed by atoms with E-state index in [2.05, 4.69) is 0 Å². The number of nitrogens with two attached hydrogens (primary N) is 1.